The molecule has 0 saturated heterocycles. The summed E-state index contributed by atoms with van der Waals surface area (Å²) in [5, 5.41) is 5.59. The number of amides is 2. The highest BCUT2D eigenvalue weighted by molar-refractivity contribution is 5.99. The summed E-state index contributed by atoms with van der Waals surface area (Å²) < 4.78 is 5.01. The van der Waals surface area contributed by atoms with E-state index in [1.165, 1.54) is 6.26 Å². The van der Waals surface area contributed by atoms with Gasteiger partial charge in [-0.1, -0.05) is 12.1 Å². The van der Waals surface area contributed by atoms with E-state index in [4.69, 9.17) is 4.42 Å². The number of furan rings is 1. The van der Waals surface area contributed by atoms with Crippen molar-refractivity contribution in [1.82, 2.24) is 5.32 Å². The minimum absolute atomic E-state index is 0.0308. The maximum atomic E-state index is 11.7. The second-order valence-electron chi connectivity index (χ2n) is 4.70. The van der Waals surface area contributed by atoms with E-state index in [1.54, 1.807) is 12.1 Å². The van der Waals surface area contributed by atoms with Crippen molar-refractivity contribution in [3.8, 4) is 0 Å². The van der Waals surface area contributed by atoms with Gasteiger partial charge in [0, 0.05) is 12.2 Å². The van der Waals surface area contributed by atoms with Crippen LogP contribution in [-0.2, 0) is 17.6 Å². The van der Waals surface area contributed by atoms with Gasteiger partial charge >= 0.3 is 0 Å². The van der Waals surface area contributed by atoms with E-state index in [1.807, 2.05) is 18.2 Å². The molecule has 0 atom stereocenters. The molecule has 2 amide bonds. The topological polar surface area (TPSA) is 71.3 Å². The van der Waals surface area contributed by atoms with Gasteiger partial charge in [0.05, 0.1) is 12.7 Å². The molecule has 0 unspecified atom stereocenters. The number of hydrogen-bond donors (Lipinski definition) is 2. The van der Waals surface area contributed by atoms with Crippen molar-refractivity contribution >= 4 is 17.5 Å². The lowest BCUT2D eigenvalue weighted by Gasteiger charge is -2.05. The minimum atomic E-state index is -0.215. The fourth-order valence-corrected chi connectivity index (χ4v) is 2.25. The van der Waals surface area contributed by atoms with Crippen LogP contribution in [0.15, 0.2) is 41.0 Å². The minimum Gasteiger partial charge on any atom is -0.459 e. The Morgan fingerprint density at radius 3 is 3.05 bits per heavy atom. The summed E-state index contributed by atoms with van der Waals surface area (Å²) in [6, 6.07) is 9.18. The molecule has 0 saturated carbocycles. The molecule has 0 spiro atoms. The number of carbonyl (C=O) groups is 2. The molecule has 0 fully saturated rings. The zero-order valence-corrected chi connectivity index (χ0v) is 10.8. The van der Waals surface area contributed by atoms with Crippen molar-refractivity contribution < 1.29 is 14.0 Å². The summed E-state index contributed by atoms with van der Waals surface area (Å²) in [5.41, 5.74) is 3.00. The molecule has 0 radical (unpaired) electrons. The zero-order chi connectivity index (χ0) is 13.9. The molecule has 20 heavy (non-hydrogen) atoms. The summed E-state index contributed by atoms with van der Waals surface area (Å²) in [4.78, 5) is 22.9. The third-order valence-corrected chi connectivity index (χ3v) is 3.24. The lowest BCUT2D eigenvalue weighted by Crippen LogP contribution is -2.25. The molecular weight excluding hydrogens is 256 g/mol. The number of carbonyl (C=O) groups excluding carboxylic acids is 2. The van der Waals surface area contributed by atoms with Crippen LogP contribution in [0.1, 0.15) is 21.7 Å². The van der Waals surface area contributed by atoms with Gasteiger partial charge in [0.25, 0.3) is 5.91 Å². The molecule has 2 heterocycles. The van der Waals surface area contributed by atoms with E-state index in [0.29, 0.717) is 25.1 Å². The van der Waals surface area contributed by atoms with Gasteiger partial charge in [-0.05, 0) is 35.7 Å². The van der Waals surface area contributed by atoms with Gasteiger partial charge in [-0.2, -0.15) is 0 Å². The molecular formula is C15H14N2O3. The first kappa shape index (κ1) is 12.5. The van der Waals surface area contributed by atoms with Gasteiger partial charge in [0.1, 0.15) is 0 Å². The highest BCUT2D eigenvalue weighted by Crippen LogP contribution is 2.23. The summed E-state index contributed by atoms with van der Waals surface area (Å²) >= 11 is 0. The lowest BCUT2D eigenvalue weighted by atomic mass is 10.1. The fraction of sp³-hybridized carbons (Fsp3) is 0.200. The van der Waals surface area contributed by atoms with Crippen LogP contribution in [0, 0.1) is 0 Å². The second-order valence-corrected chi connectivity index (χ2v) is 4.70. The standard InChI is InChI=1S/C15H14N2O3/c18-14-9-11-8-10(3-4-12(11)17-14)5-6-16-15(19)13-2-1-7-20-13/h1-4,7-8H,5-6,9H2,(H,16,19)(H,17,18). The molecule has 1 aliphatic heterocycles. The van der Waals surface area contributed by atoms with Gasteiger partial charge in [0.15, 0.2) is 5.76 Å². The number of benzene rings is 1. The van der Waals surface area contributed by atoms with Gasteiger partial charge in [-0.25, -0.2) is 0 Å². The molecule has 1 aromatic heterocycles. The maximum absolute atomic E-state index is 11.7. The summed E-state index contributed by atoms with van der Waals surface area (Å²) in [6.45, 7) is 0.527. The second kappa shape index (κ2) is 5.21. The predicted octanol–water partition coefficient (Wildman–Crippen LogP) is 1.75. The molecule has 5 nitrogen and oxygen atoms in total. The van der Waals surface area contributed by atoms with Crippen LogP contribution >= 0.6 is 0 Å². The Morgan fingerprint density at radius 2 is 2.25 bits per heavy atom. The van der Waals surface area contributed by atoms with Crippen molar-refractivity contribution in [1.29, 1.82) is 0 Å². The average molecular weight is 270 g/mol. The number of rotatable bonds is 4. The van der Waals surface area contributed by atoms with E-state index < -0.39 is 0 Å². The van der Waals surface area contributed by atoms with E-state index in [9.17, 15) is 9.59 Å². The molecule has 0 bridgehead atoms. The molecule has 5 heteroatoms. The van der Waals surface area contributed by atoms with Gasteiger partial charge in [0.2, 0.25) is 5.91 Å². The largest absolute Gasteiger partial charge is 0.459 e. The van der Waals surface area contributed by atoms with Crippen LogP contribution in [-0.4, -0.2) is 18.4 Å². The summed E-state index contributed by atoms with van der Waals surface area (Å²) in [7, 11) is 0. The Hall–Kier alpha value is -2.56. The van der Waals surface area contributed by atoms with Crippen LogP contribution in [0.25, 0.3) is 0 Å². The SMILES string of the molecule is O=C1Cc2cc(CCNC(=O)c3ccco3)ccc2N1. The molecule has 1 aromatic carbocycles. The Labute approximate surface area is 116 Å². The number of fused-ring (bicyclic) bond motifs is 1. The fourth-order valence-electron chi connectivity index (χ4n) is 2.25. The third-order valence-electron chi connectivity index (χ3n) is 3.24. The maximum Gasteiger partial charge on any atom is 0.286 e. The van der Waals surface area contributed by atoms with Crippen molar-refractivity contribution in [2.45, 2.75) is 12.8 Å². The quantitative estimate of drug-likeness (QED) is 0.889. The first-order valence-corrected chi connectivity index (χ1v) is 6.46. The Morgan fingerprint density at radius 1 is 1.35 bits per heavy atom. The summed E-state index contributed by atoms with van der Waals surface area (Å²) in [5.74, 6) is 0.130. The van der Waals surface area contributed by atoms with E-state index in [-0.39, 0.29) is 11.8 Å². The number of anilines is 1. The van der Waals surface area contributed by atoms with Crippen LogP contribution < -0.4 is 10.6 Å². The first-order valence-electron chi connectivity index (χ1n) is 6.46. The van der Waals surface area contributed by atoms with E-state index >= 15 is 0 Å². The molecule has 102 valence electrons. The zero-order valence-electron chi connectivity index (χ0n) is 10.8. The lowest BCUT2D eigenvalue weighted by molar-refractivity contribution is -0.115. The van der Waals surface area contributed by atoms with Crippen molar-refractivity contribution in [3.05, 3.63) is 53.5 Å². The smallest absolute Gasteiger partial charge is 0.286 e. The van der Waals surface area contributed by atoms with Gasteiger partial charge < -0.3 is 15.1 Å². The number of nitrogens with one attached hydrogen (secondary N) is 2. The van der Waals surface area contributed by atoms with Crippen molar-refractivity contribution in [2.24, 2.45) is 0 Å². The third kappa shape index (κ3) is 2.56. The average Bonchev–Trinajstić information content (AvgIpc) is 3.05. The van der Waals surface area contributed by atoms with Crippen LogP contribution in [0.4, 0.5) is 5.69 Å². The monoisotopic (exact) mass is 270 g/mol. The summed E-state index contributed by atoms with van der Waals surface area (Å²) in [6.07, 6.45) is 2.62. The normalized spacial score (nSPS) is 12.9. The van der Waals surface area contributed by atoms with Crippen molar-refractivity contribution in [2.75, 3.05) is 11.9 Å². The van der Waals surface area contributed by atoms with Crippen molar-refractivity contribution in [3.63, 3.8) is 0 Å². The Bertz CT molecular complexity index is 647. The van der Waals surface area contributed by atoms with Gasteiger partial charge in [-0.3, -0.25) is 9.59 Å². The van der Waals surface area contributed by atoms with Crippen LogP contribution in [0.5, 0.6) is 0 Å². The first-order chi connectivity index (χ1) is 9.72. The molecule has 2 N–H and O–H groups in total. The Balaban J connectivity index is 1.56. The van der Waals surface area contributed by atoms with Crippen LogP contribution in [0.3, 0.4) is 0 Å². The molecule has 3 rings (SSSR count). The predicted molar refractivity (Wildman–Crippen MR) is 73.5 cm³/mol. The molecule has 0 aliphatic carbocycles. The highest BCUT2D eigenvalue weighted by Gasteiger charge is 2.17. The van der Waals surface area contributed by atoms with Crippen LogP contribution in [0.2, 0.25) is 0 Å². The van der Waals surface area contributed by atoms with E-state index in [2.05, 4.69) is 10.6 Å². The Kier molecular flexibility index (Phi) is 3.25. The highest BCUT2D eigenvalue weighted by atomic mass is 16.3. The molecule has 2 aromatic rings. The number of hydrogen-bond acceptors (Lipinski definition) is 3. The van der Waals surface area contributed by atoms with E-state index in [0.717, 1.165) is 16.8 Å². The molecule has 1 aliphatic rings. The van der Waals surface area contributed by atoms with Gasteiger partial charge in [-0.15, -0.1) is 0 Å².